The van der Waals surface area contributed by atoms with Crippen molar-refractivity contribution in [1.82, 2.24) is 30.0 Å². The summed E-state index contributed by atoms with van der Waals surface area (Å²) < 4.78 is 2.42. The number of nitrogens with zero attached hydrogens (tertiary/aromatic N) is 5. The molecule has 2 N–H and O–H groups in total. The SMILES string of the molecule is C=C(C)CCNCCCN(C[C@@H]1CC[C@H](n2cc(-c3cccs3)c3cncnc32)C1)c1cn[nH]c1. The molecule has 0 unspecified atom stereocenters. The number of H-pyrrole nitrogens is 1. The predicted molar refractivity (Wildman–Crippen MR) is 145 cm³/mol. The Morgan fingerprint density at radius 2 is 2.26 bits per heavy atom. The van der Waals surface area contributed by atoms with Crippen LogP contribution in [0.15, 0.2) is 60.8 Å². The Balaban J connectivity index is 1.24. The Morgan fingerprint density at radius 3 is 3.06 bits per heavy atom. The topological polar surface area (TPSA) is 74.7 Å². The lowest BCUT2D eigenvalue weighted by atomic mass is 10.1. The molecule has 2 atom stereocenters. The molecule has 184 valence electrons. The molecule has 0 bridgehead atoms. The Morgan fingerprint density at radius 1 is 1.31 bits per heavy atom. The molecule has 7 nitrogen and oxygen atoms in total. The molecule has 35 heavy (non-hydrogen) atoms. The van der Waals surface area contributed by atoms with Gasteiger partial charge in [0.15, 0.2) is 0 Å². The number of hydrogen-bond acceptors (Lipinski definition) is 6. The molecule has 0 spiro atoms. The number of thiophene rings is 1. The van der Waals surface area contributed by atoms with E-state index >= 15 is 0 Å². The van der Waals surface area contributed by atoms with Crippen molar-refractivity contribution < 1.29 is 0 Å². The molecule has 1 aliphatic carbocycles. The fourth-order valence-corrected chi connectivity index (χ4v) is 5.99. The second-order valence-electron chi connectivity index (χ2n) is 9.73. The van der Waals surface area contributed by atoms with E-state index in [1.807, 2.05) is 18.6 Å². The molecule has 4 heterocycles. The maximum Gasteiger partial charge on any atom is 0.144 e. The van der Waals surface area contributed by atoms with E-state index in [0.717, 1.165) is 50.1 Å². The van der Waals surface area contributed by atoms with Crippen molar-refractivity contribution in [3.63, 3.8) is 0 Å². The minimum Gasteiger partial charge on any atom is -0.369 e. The standard InChI is InChI=1S/C27H35N7S/c1-20(2)8-10-28-9-4-11-33(23-14-31-32-15-23)17-21-6-7-22(13-21)34-18-25(26-5-3-12-35-26)24-16-29-19-30-27(24)34/h3,5,12,14-16,18-19,21-22,28H,1,4,6-11,13,17H2,2H3,(H,31,32)/t21-,22+/m1/s1. The second-order valence-corrected chi connectivity index (χ2v) is 10.7. The highest BCUT2D eigenvalue weighted by molar-refractivity contribution is 7.13. The van der Waals surface area contributed by atoms with Crippen LogP contribution in [0, 0.1) is 5.92 Å². The summed E-state index contributed by atoms with van der Waals surface area (Å²) in [5.74, 6) is 0.649. The third kappa shape index (κ3) is 5.65. The van der Waals surface area contributed by atoms with Gasteiger partial charge in [0, 0.05) is 53.5 Å². The zero-order valence-corrected chi connectivity index (χ0v) is 21.3. The number of fused-ring (bicyclic) bond motifs is 1. The van der Waals surface area contributed by atoms with Crippen molar-refractivity contribution in [2.45, 2.75) is 45.1 Å². The van der Waals surface area contributed by atoms with Gasteiger partial charge in [-0.1, -0.05) is 11.6 Å². The van der Waals surface area contributed by atoms with E-state index in [9.17, 15) is 0 Å². The van der Waals surface area contributed by atoms with Crippen LogP contribution in [0.2, 0.25) is 0 Å². The van der Waals surface area contributed by atoms with Crippen LogP contribution in [0.3, 0.4) is 0 Å². The number of nitrogens with one attached hydrogen (secondary N) is 2. The van der Waals surface area contributed by atoms with Crippen LogP contribution in [0.5, 0.6) is 0 Å². The minimum absolute atomic E-state index is 0.473. The Bertz CT molecular complexity index is 1210. The second kappa shape index (κ2) is 11.2. The summed E-state index contributed by atoms with van der Waals surface area (Å²) in [6.07, 6.45) is 15.7. The van der Waals surface area contributed by atoms with Gasteiger partial charge in [0.1, 0.15) is 12.0 Å². The summed E-state index contributed by atoms with van der Waals surface area (Å²) in [7, 11) is 0. The van der Waals surface area contributed by atoms with Crippen LogP contribution >= 0.6 is 11.3 Å². The number of anilines is 1. The highest BCUT2D eigenvalue weighted by atomic mass is 32.1. The first-order valence-electron chi connectivity index (χ1n) is 12.6. The zero-order chi connectivity index (χ0) is 24.0. The lowest BCUT2D eigenvalue weighted by molar-refractivity contribution is 0.476. The van der Waals surface area contributed by atoms with Crippen LogP contribution in [-0.2, 0) is 0 Å². The molecule has 0 radical (unpaired) electrons. The molecular formula is C27H35N7S. The summed E-state index contributed by atoms with van der Waals surface area (Å²) in [5.41, 5.74) is 4.73. The molecule has 8 heteroatoms. The fourth-order valence-electron chi connectivity index (χ4n) is 5.24. The average Bonchev–Trinajstić information content (AvgIpc) is 3.66. The summed E-state index contributed by atoms with van der Waals surface area (Å²) in [6.45, 7) is 10.2. The van der Waals surface area contributed by atoms with Crippen LogP contribution in [0.4, 0.5) is 5.69 Å². The number of aromatic nitrogens is 5. The molecule has 0 saturated heterocycles. The fraction of sp³-hybridized carbons (Fsp3) is 0.444. The van der Waals surface area contributed by atoms with E-state index in [1.165, 1.54) is 41.0 Å². The van der Waals surface area contributed by atoms with Crippen LogP contribution < -0.4 is 10.2 Å². The quantitative estimate of drug-likeness (QED) is 0.198. The van der Waals surface area contributed by atoms with E-state index in [4.69, 9.17) is 0 Å². The smallest absolute Gasteiger partial charge is 0.144 e. The predicted octanol–water partition coefficient (Wildman–Crippen LogP) is 5.68. The Labute approximate surface area is 211 Å². The van der Waals surface area contributed by atoms with E-state index < -0.39 is 0 Å². The van der Waals surface area contributed by atoms with Gasteiger partial charge in [-0.25, -0.2) is 9.97 Å². The molecule has 0 aliphatic heterocycles. The molecule has 4 aromatic rings. The number of hydrogen-bond donors (Lipinski definition) is 2. The Hall–Kier alpha value is -2.97. The summed E-state index contributed by atoms with van der Waals surface area (Å²) in [5, 5.41) is 14.0. The van der Waals surface area contributed by atoms with Crippen molar-refractivity contribution in [1.29, 1.82) is 0 Å². The highest BCUT2D eigenvalue weighted by Crippen LogP contribution is 2.40. The van der Waals surface area contributed by atoms with Crippen molar-refractivity contribution in [3.05, 3.63) is 60.8 Å². The molecule has 5 rings (SSSR count). The third-order valence-electron chi connectivity index (χ3n) is 7.03. The lowest BCUT2D eigenvalue weighted by Crippen LogP contribution is -2.31. The van der Waals surface area contributed by atoms with E-state index in [-0.39, 0.29) is 0 Å². The van der Waals surface area contributed by atoms with Crippen molar-refractivity contribution in [2.24, 2.45) is 5.92 Å². The Kier molecular flexibility index (Phi) is 7.59. The van der Waals surface area contributed by atoms with Crippen LogP contribution in [0.1, 0.15) is 45.1 Å². The molecule has 1 fully saturated rings. The first kappa shape index (κ1) is 23.8. The van der Waals surface area contributed by atoms with Gasteiger partial charge in [0.2, 0.25) is 0 Å². The van der Waals surface area contributed by atoms with Gasteiger partial charge in [-0.3, -0.25) is 5.10 Å². The first-order valence-corrected chi connectivity index (χ1v) is 13.5. The molecular weight excluding hydrogens is 454 g/mol. The van der Waals surface area contributed by atoms with Gasteiger partial charge in [-0.2, -0.15) is 5.10 Å². The van der Waals surface area contributed by atoms with Gasteiger partial charge in [-0.15, -0.1) is 17.9 Å². The van der Waals surface area contributed by atoms with Crippen molar-refractivity contribution in [2.75, 3.05) is 31.1 Å². The molecule has 1 aliphatic rings. The third-order valence-corrected chi connectivity index (χ3v) is 7.93. The zero-order valence-electron chi connectivity index (χ0n) is 20.5. The highest BCUT2D eigenvalue weighted by Gasteiger charge is 2.29. The van der Waals surface area contributed by atoms with Gasteiger partial charge in [0.05, 0.1) is 11.9 Å². The molecule has 0 amide bonds. The van der Waals surface area contributed by atoms with Gasteiger partial charge >= 0.3 is 0 Å². The van der Waals surface area contributed by atoms with Crippen molar-refractivity contribution >= 4 is 28.1 Å². The normalized spacial score (nSPS) is 17.9. The molecule has 1 saturated carbocycles. The van der Waals surface area contributed by atoms with Gasteiger partial charge in [-0.05, 0) is 69.5 Å². The van der Waals surface area contributed by atoms with Crippen molar-refractivity contribution in [3.8, 4) is 10.4 Å². The maximum absolute atomic E-state index is 4.68. The number of rotatable bonds is 12. The maximum atomic E-state index is 4.68. The van der Waals surface area contributed by atoms with E-state index in [1.54, 1.807) is 17.7 Å². The molecule has 4 aromatic heterocycles. The molecule has 0 aromatic carbocycles. The van der Waals surface area contributed by atoms with Crippen LogP contribution in [-0.4, -0.2) is 50.9 Å². The van der Waals surface area contributed by atoms with Gasteiger partial charge < -0.3 is 14.8 Å². The largest absolute Gasteiger partial charge is 0.369 e. The average molecular weight is 490 g/mol. The van der Waals surface area contributed by atoms with E-state index in [2.05, 4.69) is 72.2 Å². The number of aromatic amines is 1. The monoisotopic (exact) mass is 489 g/mol. The lowest BCUT2D eigenvalue weighted by Gasteiger charge is -2.26. The summed E-state index contributed by atoms with van der Waals surface area (Å²) in [4.78, 5) is 12.8. The minimum atomic E-state index is 0.473. The van der Waals surface area contributed by atoms with E-state index in [0.29, 0.717) is 12.0 Å². The summed E-state index contributed by atoms with van der Waals surface area (Å²) >= 11 is 1.77. The van der Waals surface area contributed by atoms with Gasteiger partial charge in [0.25, 0.3) is 0 Å². The summed E-state index contributed by atoms with van der Waals surface area (Å²) in [6, 6.07) is 4.77. The van der Waals surface area contributed by atoms with Crippen LogP contribution in [0.25, 0.3) is 21.5 Å². The first-order chi connectivity index (χ1) is 17.2.